The van der Waals surface area contributed by atoms with Crippen molar-refractivity contribution in [3.05, 3.63) is 28.2 Å². The van der Waals surface area contributed by atoms with E-state index in [2.05, 4.69) is 27.3 Å². The van der Waals surface area contributed by atoms with Gasteiger partial charge < -0.3 is 10.4 Å². The number of halogens is 1. The summed E-state index contributed by atoms with van der Waals surface area (Å²) in [6.45, 7) is 0.565. The highest BCUT2D eigenvalue weighted by Crippen LogP contribution is 2.33. The summed E-state index contributed by atoms with van der Waals surface area (Å²) in [5, 5.41) is 21.6. The lowest BCUT2D eigenvalue weighted by Crippen LogP contribution is -2.21. The van der Waals surface area contributed by atoms with Crippen LogP contribution in [-0.4, -0.2) is 17.8 Å². The third-order valence-electron chi connectivity index (χ3n) is 2.77. The Labute approximate surface area is 103 Å². The Bertz CT molecular complexity index is 424. The lowest BCUT2D eigenvalue weighted by molar-refractivity contribution is 0.164. The summed E-state index contributed by atoms with van der Waals surface area (Å²) >= 11 is 3.40. The minimum Gasteiger partial charge on any atom is -0.391 e. The number of nitrogens with zero attached hydrogens (tertiary/aromatic N) is 1. The predicted molar refractivity (Wildman–Crippen MR) is 66.1 cm³/mol. The van der Waals surface area contributed by atoms with E-state index in [1.54, 1.807) is 12.1 Å². The third-order valence-corrected chi connectivity index (χ3v) is 3.42. The fraction of sp³-hybridized carbons (Fsp3) is 0.417. The van der Waals surface area contributed by atoms with Crippen molar-refractivity contribution in [2.75, 3.05) is 11.9 Å². The summed E-state index contributed by atoms with van der Waals surface area (Å²) in [6, 6.07) is 7.46. The van der Waals surface area contributed by atoms with Crippen LogP contribution in [0.2, 0.25) is 0 Å². The Morgan fingerprint density at radius 3 is 2.88 bits per heavy atom. The van der Waals surface area contributed by atoms with Gasteiger partial charge in [0.15, 0.2) is 0 Å². The maximum Gasteiger partial charge on any atom is 0.0992 e. The van der Waals surface area contributed by atoms with Gasteiger partial charge in [0.2, 0.25) is 0 Å². The second kappa shape index (κ2) is 4.86. The molecule has 0 bridgehead atoms. The molecule has 0 spiro atoms. The zero-order chi connectivity index (χ0) is 11.5. The van der Waals surface area contributed by atoms with Crippen molar-refractivity contribution in [2.45, 2.75) is 18.9 Å². The summed E-state index contributed by atoms with van der Waals surface area (Å²) in [7, 11) is 0. The van der Waals surface area contributed by atoms with Crippen molar-refractivity contribution in [3.8, 4) is 6.07 Å². The van der Waals surface area contributed by atoms with Crippen LogP contribution in [0.15, 0.2) is 22.7 Å². The normalized spacial score (nSPS) is 16.6. The van der Waals surface area contributed by atoms with Gasteiger partial charge in [0.1, 0.15) is 0 Å². The third kappa shape index (κ3) is 2.75. The van der Waals surface area contributed by atoms with E-state index in [0.29, 0.717) is 18.0 Å². The first-order chi connectivity index (χ1) is 7.70. The zero-order valence-electron chi connectivity index (χ0n) is 8.78. The second-order valence-electron chi connectivity index (χ2n) is 4.09. The Morgan fingerprint density at radius 1 is 1.56 bits per heavy atom. The number of nitriles is 1. The van der Waals surface area contributed by atoms with E-state index in [-0.39, 0.29) is 6.10 Å². The van der Waals surface area contributed by atoms with Crippen molar-refractivity contribution in [1.82, 2.24) is 0 Å². The van der Waals surface area contributed by atoms with Crippen LogP contribution >= 0.6 is 15.9 Å². The molecular weight excluding hydrogens is 268 g/mol. The summed E-state index contributed by atoms with van der Waals surface area (Å²) in [6.07, 6.45) is 2.01. The minimum absolute atomic E-state index is 0.262. The minimum atomic E-state index is -0.262. The Balaban J connectivity index is 1.96. The zero-order valence-corrected chi connectivity index (χ0v) is 10.4. The summed E-state index contributed by atoms with van der Waals surface area (Å²) in [5.74, 6) is 0.477. The van der Waals surface area contributed by atoms with Crippen molar-refractivity contribution < 1.29 is 5.11 Å². The molecule has 1 atom stereocenters. The number of aliphatic hydroxyl groups excluding tert-OH is 1. The van der Waals surface area contributed by atoms with Crippen molar-refractivity contribution in [1.29, 1.82) is 5.26 Å². The lowest BCUT2D eigenvalue weighted by Gasteiger charge is -2.13. The maximum atomic E-state index is 9.71. The van der Waals surface area contributed by atoms with E-state index in [4.69, 9.17) is 5.26 Å². The van der Waals surface area contributed by atoms with Gasteiger partial charge >= 0.3 is 0 Å². The van der Waals surface area contributed by atoms with E-state index >= 15 is 0 Å². The number of hydrogen-bond donors (Lipinski definition) is 2. The van der Waals surface area contributed by atoms with Crippen LogP contribution in [-0.2, 0) is 0 Å². The monoisotopic (exact) mass is 280 g/mol. The molecule has 1 saturated carbocycles. The van der Waals surface area contributed by atoms with Gasteiger partial charge in [-0.05, 0) is 52.9 Å². The van der Waals surface area contributed by atoms with Crippen LogP contribution in [0, 0.1) is 17.2 Å². The molecule has 1 aromatic carbocycles. The molecule has 0 aromatic heterocycles. The average molecular weight is 281 g/mol. The van der Waals surface area contributed by atoms with Crippen LogP contribution in [0.3, 0.4) is 0 Å². The Morgan fingerprint density at radius 2 is 2.31 bits per heavy atom. The van der Waals surface area contributed by atoms with Crippen LogP contribution in [0.5, 0.6) is 0 Å². The number of hydrogen-bond acceptors (Lipinski definition) is 3. The molecule has 0 radical (unpaired) electrons. The van der Waals surface area contributed by atoms with E-state index in [1.165, 1.54) is 0 Å². The Kier molecular flexibility index (Phi) is 3.47. The second-order valence-corrected chi connectivity index (χ2v) is 4.95. The van der Waals surface area contributed by atoms with Gasteiger partial charge in [-0.25, -0.2) is 0 Å². The number of nitrogens with one attached hydrogen (secondary N) is 1. The number of anilines is 1. The van der Waals surface area contributed by atoms with Gasteiger partial charge in [-0.15, -0.1) is 0 Å². The van der Waals surface area contributed by atoms with Gasteiger partial charge in [-0.3, -0.25) is 0 Å². The number of rotatable bonds is 4. The largest absolute Gasteiger partial charge is 0.391 e. The molecule has 0 amide bonds. The molecule has 16 heavy (non-hydrogen) atoms. The van der Waals surface area contributed by atoms with Crippen molar-refractivity contribution in [3.63, 3.8) is 0 Å². The SMILES string of the molecule is N#Cc1ccc(NCC(O)C2CC2)c(Br)c1. The van der Waals surface area contributed by atoms with Crippen LogP contribution in [0.1, 0.15) is 18.4 Å². The maximum absolute atomic E-state index is 9.71. The van der Waals surface area contributed by atoms with Crippen LogP contribution < -0.4 is 5.32 Å². The predicted octanol–water partition coefficient (Wildman–Crippen LogP) is 2.50. The van der Waals surface area contributed by atoms with Crippen LogP contribution in [0.4, 0.5) is 5.69 Å². The summed E-state index contributed by atoms with van der Waals surface area (Å²) < 4.78 is 0.856. The quantitative estimate of drug-likeness (QED) is 0.891. The first kappa shape index (κ1) is 11.4. The van der Waals surface area contributed by atoms with E-state index in [0.717, 1.165) is 23.0 Å². The van der Waals surface area contributed by atoms with E-state index in [9.17, 15) is 5.11 Å². The highest BCUT2D eigenvalue weighted by Gasteiger charge is 2.29. The molecule has 3 nitrogen and oxygen atoms in total. The molecule has 0 saturated heterocycles. The van der Waals surface area contributed by atoms with Crippen molar-refractivity contribution >= 4 is 21.6 Å². The van der Waals surface area contributed by atoms with E-state index < -0.39 is 0 Å². The Hall–Kier alpha value is -1.05. The molecule has 1 aliphatic carbocycles. The van der Waals surface area contributed by atoms with Gasteiger partial charge in [0, 0.05) is 16.7 Å². The highest BCUT2D eigenvalue weighted by molar-refractivity contribution is 9.10. The fourth-order valence-electron chi connectivity index (χ4n) is 1.59. The topological polar surface area (TPSA) is 56.0 Å². The number of benzene rings is 1. The lowest BCUT2D eigenvalue weighted by atomic mass is 10.2. The first-order valence-electron chi connectivity index (χ1n) is 5.32. The molecule has 1 unspecified atom stereocenters. The van der Waals surface area contributed by atoms with Gasteiger partial charge in [-0.1, -0.05) is 0 Å². The molecule has 2 N–H and O–H groups in total. The molecule has 0 heterocycles. The van der Waals surface area contributed by atoms with Crippen LogP contribution in [0.25, 0.3) is 0 Å². The molecule has 0 aliphatic heterocycles. The summed E-state index contributed by atoms with van der Waals surface area (Å²) in [4.78, 5) is 0. The standard InChI is InChI=1S/C12H13BrN2O/c13-10-5-8(6-14)1-4-11(10)15-7-12(16)9-2-3-9/h1,4-5,9,12,15-16H,2-3,7H2. The average Bonchev–Trinajstić information content (AvgIpc) is 3.10. The number of aliphatic hydroxyl groups is 1. The van der Waals surface area contributed by atoms with Gasteiger partial charge in [0.25, 0.3) is 0 Å². The molecule has 4 heteroatoms. The molecule has 1 aromatic rings. The van der Waals surface area contributed by atoms with Gasteiger partial charge in [-0.2, -0.15) is 5.26 Å². The molecule has 2 rings (SSSR count). The van der Waals surface area contributed by atoms with E-state index in [1.807, 2.05) is 6.07 Å². The molecular formula is C12H13BrN2O. The highest BCUT2D eigenvalue weighted by atomic mass is 79.9. The molecule has 1 fully saturated rings. The first-order valence-corrected chi connectivity index (χ1v) is 6.11. The summed E-state index contributed by atoms with van der Waals surface area (Å²) in [5.41, 5.74) is 1.54. The fourth-order valence-corrected chi connectivity index (χ4v) is 2.11. The van der Waals surface area contributed by atoms with Gasteiger partial charge in [0.05, 0.1) is 17.7 Å². The molecule has 1 aliphatic rings. The molecule has 84 valence electrons. The van der Waals surface area contributed by atoms with Crippen molar-refractivity contribution in [2.24, 2.45) is 5.92 Å². The smallest absolute Gasteiger partial charge is 0.0992 e.